The average molecular weight is 986 g/mol. The van der Waals surface area contributed by atoms with Gasteiger partial charge in [0.2, 0.25) is 34.7 Å². The largest absolute Gasteiger partial charge is 0.449 e. The Labute approximate surface area is 401 Å². The molecule has 0 fully saturated rings. The Morgan fingerprint density at radius 2 is 0.463 bits per heavy atom. The summed E-state index contributed by atoms with van der Waals surface area (Å²) in [5.41, 5.74) is 0.943. The van der Waals surface area contributed by atoms with E-state index < -0.39 is 40.6 Å². The SMILES string of the molecule is CN(C)C(=O)Sc1c2c(c(C(c3c4c(c(SC(=O)N(C)C)c5c3OC(C)(C)O5)OC(C)(C)O4)c3c4c(c(SC(=O)N(C)C)c5c3OC(C)(C)O5)OC(C)(C)O4)c3c1OC(C)(C)O3)OC(C)(C)O2. The van der Waals surface area contributed by atoms with Crippen LogP contribution in [0.2, 0.25) is 0 Å². The summed E-state index contributed by atoms with van der Waals surface area (Å²) in [5, 5.41) is -0.949. The molecule has 67 heavy (non-hydrogen) atoms. The summed E-state index contributed by atoms with van der Waals surface area (Å²) in [7, 11) is 9.88. The molecule has 3 aromatic rings. The first kappa shape index (κ1) is 46.8. The summed E-state index contributed by atoms with van der Waals surface area (Å²) >= 11 is 2.69. The molecular formula is C46H55N3O15S3. The Kier molecular flexibility index (Phi) is 10.4. The first-order chi connectivity index (χ1) is 30.8. The zero-order valence-corrected chi connectivity index (χ0v) is 43.2. The van der Waals surface area contributed by atoms with Crippen molar-refractivity contribution in [2.75, 3.05) is 42.3 Å². The number of carbonyl (C=O) groups is 3. The molecule has 0 saturated heterocycles. The van der Waals surface area contributed by atoms with Gasteiger partial charge >= 0.3 is 0 Å². The zero-order valence-electron chi connectivity index (χ0n) is 40.8. The van der Waals surface area contributed by atoms with E-state index in [2.05, 4.69) is 0 Å². The van der Waals surface area contributed by atoms with E-state index in [9.17, 15) is 14.4 Å². The minimum Gasteiger partial charge on any atom is -0.449 e. The number of carbonyl (C=O) groups excluding carboxylic acids is 3. The van der Waals surface area contributed by atoms with Crippen LogP contribution < -0.4 is 56.8 Å². The summed E-state index contributed by atoms with van der Waals surface area (Å²) < 4.78 is 81.3. The highest BCUT2D eigenvalue weighted by atomic mass is 32.2. The van der Waals surface area contributed by atoms with Crippen molar-refractivity contribution in [1.82, 2.24) is 14.7 Å². The van der Waals surface area contributed by atoms with E-state index >= 15 is 0 Å². The van der Waals surface area contributed by atoms with E-state index in [1.54, 1.807) is 125 Å². The third-order valence-corrected chi connectivity index (χ3v) is 14.0. The number of amides is 3. The van der Waals surface area contributed by atoms with Crippen LogP contribution in [0, 0.1) is 0 Å². The van der Waals surface area contributed by atoms with Gasteiger partial charge in [-0.3, -0.25) is 14.4 Å². The molecule has 0 saturated carbocycles. The van der Waals surface area contributed by atoms with E-state index in [1.165, 1.54) is 14.7 Å². The molecule has 0 atom stereocenters. The monoisotopic (exact) mass is 985 g/mol. The molecule has 0 N–H and O–H groups in total. The van der Waals surface area contributed by atoms with Gasteiger partial charge in [-0.2, -0.15) is 0 Å². The van der Waals surface area contributed by atoms with Crippen molar-refractivity contribution in [3.05, 3.63) is 16.7 Å². The highest BCUT2D eigenvalue weighted by Crippen LogP contribution is 2.72. The number of fused-ring (bicyclic) bond motifs is 6. The van der Waals surface area contributed by atoms with Crippen LogP contribution in [0.5, 0.6) is 69.0 Å². The van der Waals surface area contributed by atoms with Crippen LogP contribution in [0.25, 0.3) is 0 Å². The van der Waals surface area contributed by atoms with Crippen LogP contribution in [0.1, 0.15) is 106 Å². The number of thioether (sulfide) groups is 3. The number of hydrogen-bond donors (Lipinski definition) is 0. The number of benzene rings is 3. The molecule has 0 bridgehead atoms. The number of hydrogen-bond acceptors (Lipinski definition) is 18. The van der Waals surface area contributed by atoms with Crippen LogP contribution in [0.15, 0.2) is 14.7 Å². The molecule has 362 valence electrons. The fourth-order valence-corrected chi connectivity index (χ4v) is 10.7. The molecule has 21 heteroatoms. The Bertz CT molecular complexity index is 2290. The third kappa shape index (κ3) is 7.91. The second-order valence-corrected chi connectivity index (χ2v) is 22.9. The molecule has 3 amide bonds. The maximum absolute atomic E-state index is 13.7. The lowest BCUT2D eigenvalue weighted by molar-refractivity contribution is -0.0510. The van der Waals surface area contributed by atoms with Crippen molar-refractivity contribution in [3.63, 3.8) is 0 Å². The maximum atomic E-state index is 13.7. The molecule has 0 radical (unpaired) electrons. The summed E-state index contributed by atoms with van der Waals surface area (Å²) in [5.74, 6) is -6.76. The second kappa shape index (κ2) is 14.9. The van der Waals surface area contributed by atoms with Crippen molar-refractivity contribution in [2.24, 2.45) is 0 Å². The fourth-order valence-electron chi connectivity index (χ4n) is 8.24. The van der Waals surface area contributed by atoms with Gasteiger partial charge in [0.25, 0.3) is 15.7 Å². The van der Waals surface area contributed by atoms with Crippen LogP contribution in [-0.2, 0) is 0 Å². The molecular weight excluding hydrogens is 931 g/mol. The second-order valence-electron chi connectivity index (χ2n) is 20.0. The molecule has 18 nitrogen and oxygen atoms in total. The highest BCUT2D eigenvalue weighted by Gasteiger charge is 2.56. The zero-order chi connectivity index (χ0) is 49.0. The van der Waals surface area contributed by atoms with Gasteiger partial charge in [-0.05, 0) is 35.3 Å². The van der Waals surface area contributed by atoms with E-state index in [0.717, 1.165) is 35.3 Å². The molecule has 9 rings (SSSR count). The number of rotatable bonds is 6. The molecule has 3 aromatic carbocycles. The number of ether oxygens (including phenoxy) is 12. The van der Waals surface area contributed by atoms with Gasteiger partial charge in [-0.15, -0.1) is 0 Å². The highest BCUT2D eigenvalue weighted by molar-refractivity contribution is 8.14. The van der Waals surface area contributed by atoms with Crippen LogP contribution in [-0.4, -0.2) is 107 Å². The third-order valence-electron chi connectivity index (χ3n) is 10.6. The molecule has 0 aliphatic carbocycles. The Morgan fingerprint density at radius 1 is 0.313 bits per heavy atom. The molecule has 6 heterocycles. The Morgan fingerprint density at radius 3 is 0.612 bits per heavy atom. The summed E-state index contributed by atoms with van der Waals surface area (Å²) in [6.45, 7) is 20.9. The minimum absolute atomic E-state index is 0.185. The van der Waals surface area contributed by atoms with Crippen LogP contribution in [0.3, 0.4) is 0 Å². The van der Waals surface area contributed by atoms with Crippen LogP contribution in [0.4, 0.5) is 14.4 Å². The lowest BCUT2D eigenvalue weighted by Gasteiger charge is -2.28. The van der Waals surface area contributed by atoms with Gasteiger partial charge in [0.05, 0.1) is 22.6 Å². The van der Waals surface area contributed by atoms with E-state index in [4.69, 9.17) is 56.8 Å². The topological polar surface area (TPSA) is 172 Å². The quantitative estimate of drug-likeness (QED) is 0.169. The standard InChI is InChI=1S/C46H55N3O15S3/c1-41(2)53-23-20(24-30(60-42(3,4)54-24)35(29(23)59-41)65-38(50)47(13)14)19(21-25-31(61-43(5,6)55-25)36(66-39(51)48(15)16)32-26(21)56-44(7,8)62-32)22-27-33(63-45(9,10)57-27)37(67-40(52)49(17)18)34-28(22)58-46(11,12)64-34/h19H,1-18H3. The van der Waals surface area contributed by atoms with Gasteiger partial charge in [-0.25, -0.2) is 0 Å². The van der Waals surface area contributed by atoms with E-state index in [-0.39, 0.29) is 84.7 Å². The van der Waals surface area contributed by atoms with Gasteiger partial charge < -0.3 is 71.5 Å². The Hall–Kier alpha value is -5.28. The normalized spacial score (nSPS) is 19.7. The predicted molar refractivity (Wildman–Crippen MR) is 247 cm³/mol. The smallest absolute Gasteiger partial charge is 0.286 e. The van der Waals surface area contributed by atoms with Crippen molar-refractivity contribution in [3.8, 4) is 69.0 Å². The number of nitrogens with zero attached hydrogens (tertiary/aromatic N) is 3. The van der Waals surface area contributed by atoms with Crippen molar-refractivity contribution in [1.29, 1.82) is 0 Å². The fraction of sp³-hybridized carbons (Fsp3) is 0.543. The molecule has 6 aliphatic rings. The van der Waals surface area contributed by atoms with E-state index in [1.807, 2.05) is 0 Å². The first-order valence-electron chi connectivity index (χ1n) is 21.5. The summed E-state index contributed by atoms with van der Waals surface area (Å²) in [6.07, 6.45) is 0. The van der Waals surface area contributed by atoms with Gasteiger partial charge in [0.15, 0.2) is 69.0 Å². The van der Waals surface area contributed by atoms with Crippen LogP contribution >= 0.6 is 35.3 Å². The maximum Gasteiger partial charge on any atom is 0.286 e. The van der Waals surface area contributed by atoms with Crippen molar-refractivity contribution < 1.29 is 71.2 Å². The van der Waals surface area contributed by atoms with Gasteiger partial charge in [0, 0.05) is 125 Å². The predicted octanol–water partition coefficient (Wildman–Crippen LogP) is 10.2. The first-order valence-corrected chi connectivity index (χ1v) is 23.9. The van der Waals surface area contributed by atoms with Crippen molar-refractivity contribution in [2.45, 2.75) is 138 Å². The average Bonchev–Trinajstić information content (AvgIpc) is 4.00. The molecule has 0 spiro atoms. The Balaban J connectivity index is 1.49. The lowest BCUT2D eigenvalue weighted by Crippen LogP contribution is -2.32. The minimum atomic E-state index is -1.30. The van der Waals surface area contributed by atoms with Gasteiger partial charge in [0.1, 0.15) is 14.7 Å². The lowest BCUT2D eigenvalue weighted by atomic mass is 9.81. The summed E-state index contributed by atoms with van der Waals surface area (Å²) in [4.78, 5) is 46.3. The molecule has 0 aromatic heterocycles. The van der Waals surface area contributed by atoms with E-state index in [0.29, 0.717) is 31.4 Å². The summed E-state index contributed by atoms with van der Waals surface area (Å²) in [6, 6.07) is 0. The van der Waals surface area contributed by atoms with Crippen molar-refractivity contribution >= 4 is 51.0 Å². The molecule has 0 unspecified atom stereocenters. The molecule has 6 aliphatic heterocycles. The van der Waals surface area contributed by atoms with Gasteiger partial charge in [-0.1, -0.05) is 0 Å².